The highest BCUT2D eigenvalue weighted by molar-refractivity contribution is 5.03. The lowest BCUT2D eigenvalue weighted by molar-refractivity contribution is 0.352. The first-order chi connectivity index (χ1) is 6.36. The third-order valence-corrected chi connectivity index (χ3v) is 2.94. The minimum absolute atomic E-state index is 0.681. The van der Waals surface area contributed by atoms with Crippen LogP contribution in [-0.2, 0) is 0 Å². The van der Waals surface area contributed by atoms with Crippen molar-refractivity contribution in [3.05, 3.63) is 24.4 Å². The molecule has 0 radical (unpaired) electrons. The first kappa shape index (κ1) is 8.82. The zero-order chi connectivity index (χ0) is 9.10. The summed E-state index contributed by atoms with van der Waals surface area (Å²) in [5.74, 6) is 0. The van der Waals surface area contributed by atoms with Gasteiger partial charge in [0.05, 0.1) is 0 Å². The molecule has 0 N–H and O–H groups in total. The fourth-order valence-electron chi connectivity index (χ4n) is 2.02. The number of hydrogen-bond donors (Lipinski definition) is 0. The van der Waals surface area contributed by atoms with E-state index >= 15 is 0 Å². The van der Waals surface area contributed by atoms with Crippen LogP contribution in [0.4, 0.5) is 0 Å². The van der Waals surface area contributed by atoms with Gasteiger partial charge in [0.15, 0.2) is 0 Å². The van der Waals surface area contributed by atoms with Gasteiger partial charge < -0.3 is 4.90 Å². The number of nitrogens with zero attached hydrogens (tertiary/aromatic N) is 2. The first-order valence-corrected chi connectivity index (χ1v) is 5.14. The Morgan fingerprint density at radius 2 is 2.08 bits per heavy atom. The largest absolute Gasteiger partial charge is 0.370 e. The van der Waals surface area contributed by atoms with Crippen LogP contribution in [0.3, 0.4) is 0 Å². The van der Waals surface area contributed by atoms with E-state index in [-0.39, 0.29) is 0 Å². The first-order valence-electron chi connectivity index (χ1n) is 5.14. The average molecular weight is 178 g/mol. The predicted molar refractivity (Wildman–Crippen MR) is 55.5 cm³/mol. The van der Waals surface area contributed by atoms with Crippen LogP contribution in [0.15, 0.2) is 24.4 Å². The van der Waals surface area contributed by atoms with Gasteiger partial charge in [-0.3, -0.25) is 4.90 Å². The number of likely N-dealkylation sites (tertiary alicyclic amines) is 1. The standard InChI is InChI=1S/C11H18N2/c1-12-7-4-5-11(12)6-10-13-8-2-3-9-13/h2-3,6,10-11H,4-5,7-9H2,1H3/b10-6+. The molecule has 2 aliphatic heterocycles. The summed E-state index contributed by atoms with van der Waals surface area (Å²) < 4.78 is 0. The van der Waals surface area contributed by atoms with Gasteiger partial charge >= 0.3 is 0 Å². The summed E-state index contributed by atoms with van der Waals surface area (Å²) in [5, 5.41) is 0. The zero-order valence-electron chi connectivity index (χ0n) is 8.32. The van der Waals surface area contributed by atoms with Crippen molar-refractivity contribution >= 4 is 0 Å². The summed E-state index contributed by atoms with van der Waals surface area (Å²) in [6.07, 6.45) is 11.7. The second-order valence-corrected chi connectivity index (χ2v) is 3.96. The third kappa shape index (κ3) is 2.13. The molecule has 0 aromatic heterocycles. The Bertz CT molecular complexity index is 212. The lowest BCUT2D eigenvalue weighted by Gasteiger charge is -2.17. The molecule has 1 saturated heterocycles. The van der Waals surface area contributed by atoms with E-state index in [9.17, 15) is 0 Å². The quantitative estimate of drug-likeness (QED) is 0.591. The molecule has 2 heteroatoms. The van der Waals surface area contributed by atoms with Crippen molar-refractivity contribution in [3.63, 3.8) is 0 Å². The maximum atomic E-state index is 2.43. The van der Waals surface area contributed by atoms with Crippen molar-refractivity contribution in [3.8, 4) is 0 Å². The van der Waals surface area contributed by atoms with Gasteiger partial charge in [-0.15, -0.1) is 0 Å². The van der Waals surface area contributed by atoms with E-state index in [2.05, 4.69) is 41.3 Å². The van der Waals surface area contributed by atoms with Crippen LogP contribution in [0.1, 0.15) is 12.8 Å². The van der Waals surface area contributed by atoms with Crippen LogP contribution >= 0.6 is 0 Å². The Morgan fingerprint density at radius 3 is 2.69 bits per heavy atom. The molecule has 0 saturated carbocycles. The SMILES string of the molecule is CN1CCCC1/C=C/N1CC=CC1. The van der Waals surface area contributed by atoms with E-state index in [1.54, 1.807) is 0 Å². The number of hydrogen-bond acceptors (Lipinski definition) is 2. The van der Waals surface area contributed by atoms with E-state index in [4.69, 9.17) is 0 Å². The van der Waals surface area contributed by atoms with Gasteiger partial charge in [-0.2, -0.15) is 0 Å². The van der Waals surface area contributed by atoms with Crippen LogP contribution in [0, 0.1) is 0 Å². The fraction of sp³-hybridized carbons (Fsp3) is 0.636. The molecule has 0 spiro atoms. The highest BCUT2D eigenvalue weighted by Gasteiger charge is 2.17. The second-order valence-electron chi connectivity index (χ2n) is 3.96. The Balaban J connectivity index is 1.82. The molecule has 0 bridgehead atoms. The Kier molecular flexibility index (Phi) is 2.69. The van der Waals surface area contributed by atoms with Gasteiger partial charge in [0, 0.05) is 19.1 Å². The lowest BCUT2D eigenvalue weighted by Crippen LogP contribution is -2.23. The summed E-state index contributed by atoms with van der Waals surface area (Å²) in [4.78, 5) is 4.77. The van der Waals surface area contributed by atoms with Crippen LogP contribution in [0.2, 0.25) is 0 Å². The molecule has 0 aromatic carbocycles. The van der Waals surface area contributed by atoms with E-state index in [1.165, 1.54) is 19.4 Å². The van der Waals surface area contributed by atoms with Crippen molar-refractivity contribution in [1.29, 1.82) is 0 Å². The molecule has 2 rings (SSSR count). The van der Waals surface area contributed by atoms with E-state index < -0.39 is 0 Å². The number of rotatable bonds is 2. The normalized spacial score (nSPS) is 29.6. The summed E-state index contributed by atoms with van der Waals surface area (Å²) >= 11 is 0. The third-order valence-electron chi connectivity index (χ3n) is 2.94. The fourth-order valence-corrected chi connectivity index (χ4v) is 2.02. The number of likely N-dealkylation sites (N-methyl/N-ethyl adjacent to an activating group) is 1. The Labute approximate surface area is 80.5 Å². The molecule has 0 aliphatic carbocycles. The van der Waals surface area contributed by atoms with Crippen molar-refractivity contribution in [2.45, 2.75) is 18.9 Å². The highest BCUT2D eigenvalue weighted by atomic mass is 15.2. The van der Waals surface area contributed by atoms with Crippen LogP contribution in [0.5, 0.6) is 0 Å². The summed E-state index contributed by atoms with van der Waals surface area (Å²) in [6.45, 7) is 3.44. The maximum Gasteiger partial charge on any atom is 0.0358 e. The zero-order valence-corrected chi connectivity index (χ0v) is 8.32. The molecule has 2 aliphatic rings. The summed E-state index contributed by atoms with van der Waals surface area (Å²) in [5.41, 5.74) is 0. The van der Waals surface area contributed by atoms with Gasteiger partial charge in [0.2, 0.25) is 0 Å². The molecule has 1 fully saturated rings. The van der Waals surface area contributed by atoms with Gasteiger partial charge in [-0.25, -0.2) is 0 Å². The van der Waals surface area contributed by atoms with Crippen molar-refractivity contribution < 1.29 is 0 Å². The molecular formula is C11H18N2. The topological polar surface area (TPSA) is 6.48 Å². The minimum atomic E-state index is 0.681. The maximum absolute atomic E-state index is 2.43. The molecule has 2 nitrogen and oxygen atoms in total. The van der Waals surface area contributed by atoms with Crippen molar-refractivity contribution in [2.24, 2.45) is 0 Å². The predicted octanol–water partition coefficient (Wildman–Crippen LogP) is 1.47. The van der Waals surface area contributed by atoms with Crippen LogP contribution < -0.4 is 0 Å². The molecule has 72 valence electrons. The smallest absolute Gasteiger partial charge is 0.0358 e. The molecule has 1 unspecified atom stereocenters. The van der Waals surface area contributed by atoms with Crippen molar-refractivity contribution in [2.75, 3.05) is 26.7 Å². The average Bonchev–Trinajstić information content (AvgIpc) is 2.72. The molecule has 0 aromatic rings. The van der Waals surface area contributed by atoms with E-state index in [0.29, 0.717) is 6.04 Å². The van der Waals surface area contributed by atoms with Crippen LogP contribution in [0.25, 0.3) is 0 Å². The van der Waals surface area contributed by atoms with Gasteiger partial charge in [-0.05, 0) is 32.6 Å². The molecular weight excluding hydrogens is 160 g/mol. The minimum Gasteiger partial charge on any atom is -0.370 e. The molecule has 0 amide bonds. The summed E-state index contributed by atoms with van der Waals surface area (Å²) in [7, 11) is 2.21. The van der Waals surface area contributed by atoms with Gasteiger partial charge in [-0.1, -0.05) is 18.2 Å². The molecule has 2 heterocycles. The van der Waals surface area contributed by atoms with Gasteiger partial charge in [0.25, 0.3) is 0 Å². The second kappa shape index (κ2) is 3.97. The lowest BCUT2D eigenvalue weighted by atomic mass is 10.2. The van der Waals surface area contributed by atoms with E-state index in [0.717, 1.165) is 13.1 Å². The molecule has 1 atom stereocenters. The Morgan fingerprint density at radius 1 is 1.31 bits per heavy atom. The monoisotopic (exact) mass is 178 g/mol. The van der Waals surface area contributed by atoms with Crippen LogP contribution in [-0.4, -0.2) is 42.5 Å². The van der Waals surface area contributed by atoms with Crippen molar-refractivity contribution in [1.82, 2.24) is 9.80 Å². The van der Waals surface area contributed by atoms with E-state index in [1.807, 2.05) is 0 Å². The highest BCUT2D eigenvalue weighted by Crippen LogP contribution is 2.16. The molecule has 13 heavy (non-hydrogen) atoms. The summed E-state index contributed by atoms with van der Waals surface area (Å²) in [6, 6.07) is 0.681. The van der Waals surface area contributed by atoms with Gasteiger partial charge in [0.1, 0.15) is 0 Å². The Hall–Kier alpha value is -0.760.